The van der Waals surface area contributed by atoms with E-state index in [0.717, 1.165) is 0 Å². The molecule has 17 heavy (non-hydrogen) atoms. The molecule has 1 aromatic heterocycles. The van der Waals surface area contributed by atoms with Gasteiger partial charge in [-0.2, -0.15) is 0 Å². The monoisotopic (exact) mass is 255 g/mol. The number of aliphatic carboxylic acids is 1. The second-order valence-electron chi connectivity index (χ2n) is 3.22. The highest BCUT2D eigenvalue weighted by Crippen LogP contribution is 2.25. The summed E-state index contributed by atoms with van der Waals surface area (Å²) in [5.74, 6) is -1.89. The molecule has 0 amide bonds. The van der Waals surface area contributed by atoms with Crippen LogP contribution in [0.15, 0.2) is 30.5 Å². The number of ether oxygens (including phenoxy) is 1. The minimum atomic E-state index is -1.27. The fraction of sp³-hybridized carbons (Fsp3) is 0.182. The smallest absolute Gasteiger partial charge is 0.335 e. The van der Waals surface area contributed by atoms with Crippen LogP contribution in [0.4, 0.5) is 0 Å². The summed E-state index contributed by atoms with van der Waals surface area (Å²) in [5.41, 5.74) is -0.0601. The van der Waals surface area contributed by atoms with E-state index in [-0.39, 0.29) is 11.3 Å². The quantitative estimate of drug-likeness (QED) is 0.658. The van der Waals surface area contributed by atoms with Gasteiger partial charge in [-0.05, 0) is 12.1 Å². The van der Waals surface area contributed by atoms with E-state index in [1.165, 1.54) is 25.3 Å². The third-order valence-electron chi connectivity index (χ3n) is 1.89. The van der Waals surface area contributed by atoms with Crippen LogP contribution in [0.3, 0.4) is 0 Å². The Labute approximate surface area is 103 Å². The van der Waals surface area contributed by atoms with Gasteiger partial charge in [-0.25, -0.2) is 4.79 Å². The molecule has 1 aromatic rings. The van der Waals surface area contributed by atoms with E-state index in [0.29, 0.717) is 5.02 Å². The van der Waals surface area contributed by atoms with E-state index in [2.05, 4.69) is 11.6 Å². The zero-order valence-corrected chi connectivity index (χ0v) is 9.77. The molecule has 0 spiro atoms. The van der Waals surface area contributed by atoms with Gasteiger partial charge in [0, 0.05) is 18.1 Å². The van der Waals surface area contributed by atoms with Crippen LogP contribution in [-0.2, 0) is 14.3 Å². The van der Waals surface area contributed by atoms with E-state index >= 15 is 0 Å². The van der Waals surface area contributed by atoms with Crippen molar-refractivity contribution in [1.82, 2.24) is 4.98 Å². The predicted molar refractivity (Wildman–Crippen MR) is 60.5 cm³/mol. The number of aromatic nitrogens is 1. The highest BCUT2D eigenvalue weighted by Gasteiger charge is 2.24. The number of esters is 1. The first-order valence-corrected chi connectivity index (χ1v) is 5.00. The Morgan fingerprint density at radius 2 is 2.24 bits per heavy atom. The van der Waals surface area contributed by atoms with Crippen LogP contribution in [-0.4, -0.2) is 22.0 Å². The minimum absolute atomic E-state index is 0.222. The minimum Gasteiger partial charge on any atom is -0.478 e. The van der Waals surface area contributed by atoms with Gasteiger partial charge in [0.1, 0.15) is 0 Å². The first kappa shape index (κ1) is 13.2. The summed E-state index contributed by atoms with van der Waals surface area (Å²) >= 11 is 5.75. The van der Waals surface area contributed by atoms with Gasteiger partial charge in [0.2, 0.25) is 0 Å². The second-order valence-corrected chi connectivity index (χ2v) is 3.66. The van der Waals surface area contributed by atoms with Gasteiger partial charge in [-0.3, -0.25) is 9.78 Å². The molecule has 1 heterocycles. The lowest BCUT2D eigenvalue weighted by atomic mass is 10.1. The molecule has 6 heteroatoms. The van der Waals surface area contributed by atoms with Gasteiger partial charge >= 0.3 is 11.9 Å². The van der Waals surface area contributed by atoms with Crippen LogP contribution in [0.1, 0.15) is 18.7 Å². The van der Waals surface area contributed by atoms with Gasteiger partial charge < -0.3 is 9.84 Å². The van der Waals surface area contributed by atoms with Gasteiger partial charge in [-0.1, -0.05) is 18.2 Å². The van der Waals surface area contributed by atoms with Crippen LogP contribution in [0, 0.1) is 0 Å². The normalized spacial score (nSPS) is 11.6. The molecule has 0 aliphatic carbocycles. The fourth-order valence-electron chi connectivity index (χ4n) is 1.15. The van der Waals surface area contributed by atoms with E-state index < -0.39 is 18.0 Å². The number of hydrogen-bond acceptors (Lipinski definition) is 4. The summed E-state index contributed by atoms with van der Waals surface area (Å²) < 4.78 is 4.87. The molecule has 1 N–H and O–H groups in total. The Balaban J connectivity index is 3.10. The first-order chi connectivity index (χ1) is 7.91. The summed E-state index contributed by atoms with van der Waals surface area (Å²) in [6.45, 7) is 4.53. The first-order valence-electron chi connectivity index (χ1n) is 4.62. The third kappa shape index (κ3) is 3.57. The summed E-state index contributed by atoms with van der Waals surface area (Å²) in [4.78, 5) is 25.7. The van der Waals surface area contributed by atoms with Crippen molar-refractivity contribution in [2.45, 2.75) is 13.0 Å². The zero-order chi connectivity index (χ0) is 13.0. The number of carbonyl (C=O) groups is 2. The molecule has 0 bridgehead atoms. The number of carbonyl (C=O) groups excluding carboxylic acids is 1. The number of pyridine rings is 1. The Morgan fingerprint density at radius 3 is 2.71 bits per heavy atom. The highest BCUT2D eigenvalue weighted by molar-refractivity contribution is 6.30. The van der Waals surface area contributed by atoms with Gasteiger partial charge in [0.15, 0.2) is 6.10 Å². The Hall–Kier alpha value is -1.88. The molecule has 1 unspecified atom stereocenters. The van der Waals surface area contributed by atoms with Crippen molar-refractivity contribution < 1.29 is 19.4 Å². The topological polar surface area (TPSA) is 76.5 Å². The Kier molecular flexibility index (Phi) is 4.23. The van der Waals surface area contributed by atoms with Crippen molar-refractivity contribution in [3.63, 3.8) is 0 Å². The molecule has 0 radical (unpaired) electrons. The number of hydrogen-bond donors (Lipinski definition) is 1. The lowest BCUT2D eigenvalue weighted by molar-refractivity contribution is -0.146. The Morgan fingerprint density at radius 1 is 1.59 bits per heavy atom. The zero-order valence-electron chi connectivity index (χ0n) is 9.01. The SMILES string of the molecule is C=C(C(=O)O)C(OC(C)=O)c1cc(Cl)ccn1. The average Bonchev–Trinajstić information content (AvgIpc) is 2.24. The van der Waals surface area contributed by atoms with Crippen LogP contribution >= 0.6 is 11.6 Å². The summed E-state index contributed by atoms with van der Waals surface area (Å²) in [7, 11) is 0. The van der Waals surface area contributed by atoms with Gasteiger partial charge in [-0.15, -0.1) is 0 Å². The predicted octanol–water partition coefficient (Wildman–Crippen LogP) is 1.98. The standard InChI is InChI=1S/C11H10ClNO4/c1-6(11(15)16)10(17-7(2)14)9-5-8(12)3-4-13-9/h3-5,10H,1H2,2H3,(H,15,16). The molecule has 0 saturated carbocycles. The number of halogens is 1. The van der Waals surface area contributed by atoms with E-state index in [4.69, 9.17) is 21.4 Å². The third-order valence-corrected chi connectivity index (χ3v) is 2.12. The molecule has 0 saturated heterocycles. The van der Waals surface area contributed by atoms with Crippen LogP contribution < -0.4 is 0 Å². The number of rotatable bonds is 4. The summed E-state index contributed by atoms with van der Waals surface area (Å²) in [6.07, 6.45) is 0.257. The number of nitrogens with zero attached hydrogens (tertiary/aromatic N) is 1. The van der Waals surface area contributed by atoms with Crippen molar-refractivity contribution in [2.75, 3.05) is 0 Å². The molecular weight excluding hydrogens is 246 g/mol. The number of carboxylic acid groups (broad SMARTS) is 1. The average molecular weight is 256 g/mol. The molecule has 5 nitrogen and oxygen atoms in total. The van der Waals surface area contributed by atoms with Crippen molar-refractivity contribution in [3.05, 3.63) is 41.2 Å². The van der Waals surface area contributed by atoms with Crippen molar-refractivity contribution >= 4 is 23.5 Å². The van der Waals surface area contributed by atoms with Crippen molar-refractivity contribution in [2.24, 2.45) is 0 Å². The van der Waals surface area contributed by atoms with E-state index in [1.807, 2.05) is 0 Å². The molecular formula is C11H10ClNO4. The van der Waals surface area contributed by atoms with Gasteiger partial charge in [0.05, 0.1) is 11.3 Å². The molecule has 0 aromatic carbocycles. The molecule has 90 valence electrons. The second kappa shape index (κ2) is 5.45. The Bertz CT molecular complexity index is 472. The molecule has 1 rings (SSSR count). The van der Waals surface area contributed by atoms with Crippen molar-refractivity contribution in [1.29, 1.82) is 0 Å². The van der Waals surface area contributed by atoms with Crippen LogP contribution in [0.5, 0.6) is 0 Å². The lowest BCUT2D eigenvalue weighted by Gasteiger charge is -2.16. The van der Waals surface area contributed by atoms with Crippen molar-refractivity contribution in [3.8, 4) is 0 Å². The molecule has 1 atom stereocenters. The largest absolute Gasteiger partial charge is 0.478 e. The summed E-state index contributed by atoms with van der Waals surface area (Å²) in [5, 5.41) is 9.21. The summed E-state index contributed by atoms with van der Waals surface area (Å²) in [6, 6.07) is 2.95. The maximum Gasteiger partial charge on any atom is 0.335 e. The van der Waals surface area contributed by atoms with E-state index in [9.17, 15) is 9.59 Å². The number of carboxylic acids is 1. The van der Waals surface area contributed by atoms with Gasteiger partial charge in [0.25, 0.3) is 0 Å². The van der Waals surface area contributed by atoms with Crippen LogP contribution in [0.25, 0.3) is 0 Å². The lowest BCUT2D eigenvalue weighted by Crippen LogP contribution is -2.17. The maximum absolute atomic E-state index is 10.9. The highest BCUT2D eigenvalue weighted by atomic mass is 35.5. The molecule has 0 fully saturated rings. The maximum atomic E-state index is 10.9. The molecule has 0 aliphatic rings. The van der Waals surface area contributed by atoms with E-state index in [1.54, 1.807) is 0 Å². The van der Waals surface area contributed by atoms with Crippen LogP contribution in [0.2, 0.25) is 5.02 Å². The fourth-order valence-corrected chi connectivity index (χ4v) is 1.32. The molecule has 0 aliphatic heterocycles.